The van der Waals surface area contributed by atoms with Crippen LogP contribution in [0.3, 0.4) is 0 Å². The molecule has 0 heterocycles. The predicted molar refractivity (Wildman–Crippen MR) is 202 cm³/mol. The van der Waals surface area contributed by atoms with E-state index < -0.39 is 0 Å². The van der Waals surface area contributed by atoms with Gasteiger partial charge in [0.25, 0.3) is 0 Å². The van der Waals surface area contributed by atoms with Crippen molar-refractivity contribution in [3.63, 3.8) is 0 Å². The summed E-state index contributed by atoms with van der Waals surface area (Å²) in [4.78, 5) is 0. The first-order valence-corrected chi connectivity index (χ1v) is 16.2. The first kappa shape index (κ1) is 21.9. The molecule has 10 rings (SSSR count). The van der Waals surface area contributed by atoms with E-state index in [2.05, 4.69) is 123 Å². The monoisotopic (exact) mass is 601 g/mol. The molecule has 0 N–H and O–H groups in total. The first-order chi connectivity index (χ1) is 25.1. The van der Waals surface area contributed by atoms with Gasteiger partial charge < -0.3 is 0 Å². The largest absolute Gasteiger partial charge is 0.0629 e. The van der Waals surface area contributed by atoms with Gasteiger partial charge in [-0.05, 0) is 105 Å². The standard InChI is InChI=1S/C47H32/c1-47(2)42-17-7-6-14-37(42)39-16-9-15-38-36(26-27-43(47)46(38)39)33-13-8-12-32(28-33)35-23-19-31-20-24-40-34(29-10-4-3-5-11-29)22-18-30-21-25-41(35)45(31)44(30)40/h3-28H,1-2H3/i3D,4D,5D,10D,11D. The third-order valence-electron chi connectivity index (χ3n) is 10.5. The van der Waals surface area contributed by atoms with Crippen molar-refractivity contribution in [2.75, 3.05) is 0 Å². The van der Waals surface area contributed by atoms with Crippen LogP contribution in [0.2, 0.25) is 0 Å². The summed E-state index contributed by atoms with van der Waals surface area (Å²) in [5.74, 6) is 0. The van der Waals surface area contributed by atoms with E-state index in [1.165, 1.54) is 38.6 Å². The topological polar surface area (TPSA) is 0 Å². The molecular weight excluding hydrogens is 565 g/mol. The molecule has 1 aliphatic carbocycles. The van der Waals surface area contributed by atoms with Crippen molar-refractivity contribution in [1.82, 2.24) is 0 Å². The van der Waals surface area contributed by atoms with E-state index in [1.54, 1.807) is 0 Å². The average Bonchev–Trinajstić information content (AvgIpc) is 3.17. The Kier molecular flexibility index (Phi) is 4.50. The van der Waals surface area contributed by atoms with Gasteiger partial charge in [0, 0.05) is 5.41 Å². The van der Waals surface area contributed by atoms with Crippen molar-refractivity contribution in [3.8, 4) is 44.5 Å². The maximum Gasteiger partial charge on any atom is 0.0629 e. The van der Waals surface area contributed by atoms with Gasteiger partial charge in [0.15, 0.2) is 0 Å². The molecule has 0 saturated heterocycles. The lowest BCUT2D eigenvalue weighted by Gasteiger charge is -2.35. The van der Waals surface area contributed by atoms with Crippen molar-refractivity contribution >= 4 is 43.1 Å². The molecule has 0 unspecified atom stereocenters. The number of benzene rings is 9. The average molecular weight is 602 g/mol. The highest BCUT2D eigenvalue weighted by Gasteiger charge is 2.33. The molecule has 0 saturated carbocycles. The van der Waals surface area contributed by atoms with Gasteiger partial charge in [-0.15, -0.1) is 0 Å². The highest BCUT2D eigenvalue weighted by molar-refractivity contribution is 6.27. The summed E-state index contributed by atoms with van der Waals surface area (Å²) in [6, 6.07) is 44.2. The van der Waals surface area contributed by atoms with Crippen LogP contribution in [0, 0.1) is 0 Å². The fraction of sp³-hybridized carbons (Fsp3) is 0.0638. The second-order valence-electron chi connectivity index (χ2n) is 13.3. The first-order valence-electron chi connectivity index (χ1n) is 18.7. The van der Waals surface area contributed by atoms with Crippen LogP contribution in [0.4, 0.5) is 0 Å². The summed E-state index contributed by atoms with van der Waals surface area (Å²) < 4.78 is 42.2. The van der Waals surface area contributed by atoms with E-state index in [0.29, 0.717) is 5.56 Å². The fourth-order valence-corrected chi connectivity index (χ4v) is 8.32. The Labute approximate surface area is 281 Å². The van der Waals surface area contributed by atoms with Gasteiger partial charge in [-0.3, -0.25) is 0 Å². The van der Waals surface area contributed by atoms with Crippen molar-refractivity contribution < 1.29 is 6.85 Å². The Morgan fingerprint density at radius 3 is 1.66 bits per heavy atom. The molecular formula is C47H32. The SMILES string of the molecule is [2H]c1c([2H])c([2H])c(-c2ccc3ccc4c(-c5cccc(-c6ccc7c8c(cccc68)-c6ccccc6C7(C)C)c5)ccc5ccc2c3c54)c([2H])c1[2H]. The van der Waals surface area contributed by atoms with Crippen molar-refractivity contribution in [1.29, 1.82) is 0 Å². The Balaban J connectivity index is 1.17. The maximum atomic E-state index is 8.71. The molecule has 9 aromatic carbocycles. The molecule has 0 heteroatoms. The van der Waals surface area contributed by atoms with Crippen LogP contribution in [-0.2, 0) is 5.41 Å². The normalized spacial score (nSPS) is 15.0. The van der Waals surface area contributed by atoms with Crippen LogP contribution in [0.25, 0.3) is 87.6 Å². The molecule has 220 valence electrons. The molecule has 1 aliphatic rings. The van der Waals surface area contributed by atoms with Crippen molar-refractivity contribution in [2.45, 2.75) is 19.3 Å². The molecule has 47 heavy (non-hydrogen) atoms. The fourth-order valence-electron chi connectivity index (χ4n) is 8.32. The minimum Gasteiger partial charge on any atom is -0.0622 e. The summed E-state index contributed by atoms with van der Waals surface area (Å²) in [5.41, 5.74) is 10.7. The Morgan fingerprint density at radius 2 is 0.957 bits per heavy atom. The van der Waals surface area contributed by atoms with Gasteiger partial charge >= 0.3 is 0 Å². The van der Waals surface area contributed by atoms with E-state index in [4.69, 9.17) is 6.85 Å². The Morgan fingerprint density at radius 1 is 0.404 bits per heavy atom. The Bertz CT molecular complexity index is 2960. The minimum absolute atomic E-state index is 0.117. The van der Waals surface area contributed by atoms with E-state index in [1.807, 2.05) is 18.2 Å². The van der Waals surface area contributed by atoms with Crippen LogP contribution in [0.5, 0.6) is 0 Å². The summed E-state index contributed by atoms with van der Waals surface area (Å²) in [5, 5.41) is 8.84. The van der Waals surface area contributed by atoms with E-state index in [-0.39, 0.29) is 41.2 Å². The molecule has 0 nitrogen and oxygen atoms in total. The molecule has 0 fully saturated rings. The van der Waals surface area contributed by atoms with Gasteiger partial charge in [0.05, 0.1) is 6.85 Å². The molecule has 0 amide bonds. The molecule has 0 radical (unpaired) electrons. The lowest BCUT2D eigenvalue weighted by molar-refractivity contribution is 0.645. The van der Waals surface area contributed by atoms with Gasteiger partial charge in [-0.2, -0.15) is 0 Å². The van der Waals surface area contributed by atoms with Gasteiger partial charge in [-0.25, -0.2) is 0 Å². The second kappa shape index (κ2) is 9.64. The lowest BCUT2D eigenvalue weighted by Crippen LogP contribution is -2.23. The van der Waals surface area contributed by atoms with Crippen LogP contribution in [0.1, 0.15) is 31.8 Å². The molecule has 0 aromatic heterocycles. The van der Waals surface area contributed by atoms with Crippen LogP contribution < -0.4 is 0 Å². The minimum atomic E-state index is -0.384. The van der Waals surface area contributed by atoms with E-state index in [9.17, 15) is 0 Å². The van der Waals surface area contributed by atoms with Crippen molar-refractivity contribution in [2.24, 2.45) is 0 Å². The lowest BCUT2D eigenvalue weighted by atomic mass is 9.68. The van der Waals surface area contributed by atoms with Gasteiger partial charge in [0.2, 0.25) is 0 Å². The number of rotatable bonds is 3. The van der Waals surface area contributed by atoms with Crippen molar-refractivity contribution in [3.05, 3.63) is 169 Å². The second-order valence-corrected chi connectivity index (χ2v) is 13.3. The highest BCUT2D eigenvalue weighted by atomic mass is 14.4. The van der Waals surface area contributed by atoms with E-state index >= 15 is 0 Å². The molecule has 0 spiro atoms. The maximum absolute atomic E-state index is 8.71. The smallest absolute Gasteiger partial charge is 0.0622 e. The number of hydrogen-bond acceptors (Lipinski definition) is 0. The van der Waals surface area contributed by atoms with Crippen LogP contribution in [-0.4, -0.2) is 0 Å². The Hall–Kier alpha value is -5.72. The van der Waals surface area contributed by atoms with Crippen LogP contribution >= 0.6 is 0 Å². The zero-order chi connectivity index (χ0) is 35.6. The summed E-state index contributed by atoms with van der Waals surface area (Å²) in [7, 11) is 0. The van der Waals surface area contributed by atoms with E-state index in [0.717, 1.165) is 49.0 Å². The summed E-state index contributed by atoms with van der Waals surface area (Å²) in [6.07, 6.45) is 0. The summed E-state index contributed by atoms with van der Waals surface area (Å²) >= 11 is 0. The molecule has 9 aromatic rings. The zero-order valence-corrected chi connectivity index (χ0v) is 26.1. The molecule has 0 aliphatic heterocycles. The third kappa shape index (κ3) is 3.70. The molecule has 0 bridgehead atoms. The summed E-state index contributed by atoms with van der Waals surface area (Å²) in [6.45, 7) is 4.66. The highest BCUT2D eigenvalue weighted by Crippen LogP contribution is 2.50. The quantitative estimate of drug-likeness (QED) is 0.177. The van der Waals surface area contributed by atoms with Gasteiger partial charge in [-0.1, -0.05) is 165 Å². The predicted octanol–water partition coefficient (Wildman–Crippen LogP) is 13.0. The molecule has 0 atom stereocenters. The van der Waals surface area contributed by atoms with Crippen LogP contribution in [0.15, 0.2) is 158 Å². The third-order valence-corrected chi connectivity index (χ3v) is 10.5. The number of hydrogen-bond donors (Lipinski definition) is 0. The van der Waals surface area contributed by atoms with Gasteiger partial charge in [0.1, 0.15) is 0 Å². The zero-order valence-electron chi connectivity index (χ0n) is 31.1. The number of fused-ring (bicyclic) bond motifs is 2.